The maximum Gasteiger partial charge on any atom is 0.230 e. The van der Waals surface area contributed by atoms with Crippen LogP contribution in [0.3, 0.4) is 0 Å². The normalized spacial score (nSPS) is 12.6. The molecule has 0 aromatic heterocycles. The molecule has 1 aromatic rings. The molecule has 0 bridgehead atoms. The minimum Gasteiger partial charge on any atom is -0.353 e. The molecule has 0 saturated carbocycles. The van der Waals surface area contributed by atoms with Gasteiger partial charge < -0.3 is 11.1 Å². The van der Waals surface area contributed by atoms with Crippen LogP contribution in [-0.4, -0.2) is 17.7 Å². The molecule has 0 spiro atoms. The summed E-state index contributed by atoms with van der Waals surface area (Å²) in [5, 5.41) is 2.87. The molecule has 1 aromatic carbocycles. The molecule has 0 aliphatic rings. The maximum absolute atomic E-state index is 11.5. The van der Waals surface area contributed by atoms with Crippen molar-refractivity contribution in [3.63, 3.8) is 0 Å². The molecule has 0 saturated heterocycles. The summed E-state index contributed by atoms with van der Waals surface area (Å²) in [6, 6.07) is 6.19. The fourth-order valence-electron chi connectivity index (χ4n) is 1.48. The second kappa shape index (κ2) is 7.16. The zero-order valence-corrected chi connectivity index (χ0v) is 13.3. The molecule has 0 fully saturated rings. The second-order valence-corrected chi connectivity index (χ2v) is 6.39. The lowest BCUT2D eigenvalue weighted by Crippen LogP contribution is -2.31. The first-order valence-electron chi connectivity index (χ1n) is 5.87. The Kier molecular flexibility index (Phi) is 6.18. The van der Waals surface area contributed by atoms with Gasteiger partial charge in [0.15, 0.2) is 0 Å². The number of hydrogen-bond donors (Lipinski definition) is 2. The molecule has 100 valence electrons. The Morgan fingerprint density at radius 3 is 2.61 bits per heavy atom. The van der Waals surface area contributed by atoms with Crippen LogP contribution in [0.1, 0.15) is 32.4 Å². The standard InChI is InChI=1S/C13H19BrN2OS/c1-8(2)16-13(17)7-18-10-4-5-11(9(3)15)12(14)6-10/h4-6,8-9H,7,15H2,1-3H3,(H,16,17)/t9-/m1/s1. The topological polar surface area (TPSA) is 55.1 Å². The van der Waals surface area contributed by atoms with Crippen molar-refractivity contribution >= 4 is 33.6 Å². The number of nitrogens with one attached hydrogen (secondary N) is 1. The monoisotopic (exact) mass is 330 g/mol. The molecule has 1 rings (SSSR count). The minimum absolute atomic E-state index is 0.00247. The third kappa shape index (κ3) is 5.00. The zero-order valence-electron chi connectivity index (χ0n) is 10.9. The van der Waals surface area contributed by atoms with Crippen molar-refractivity contribution in [2.45, 2.75) is 37.8 Å². The van der Waals surface area contributed by atoms with E-state index in [9.17, 15) is 4.79 Å². The molecular weight excluding hydrogens is 312 g/mol. The number of nitrogens with two attached hydrogens (primary N) is 1. The number of carbonyl (C=O) groups excluding carboxylic acids is 1. The first-order chi connectivity index (χ1) is 8.40. The van der Waals surface area contributed by atoms with E-state index in [1.165, 1.54) is 11.8 Å². The van der Waals surface area contributed by atoms with Crippen LogP contribution >= 0.6 is 27.7 Å². The van der Waals surface area contributed by atoms with Gasteiger partial charge in [-0.3, -0.25) is 4.79 Å². The van der Waals surface area contributed by atoms with E-state index in [-0.39, 0.29) is 18.0 Å². The van der Waals surface area contributed by atoms with Crippen molar-refractivity contribution in [3.8, 4) is 0 Å². The van der Waals surface area contributed by atoms with Crippen molar-refractivity contribution in [1.82, 2.24) is 5.32 Å². The van der Waals surface area contributed by atoms with Crippen molar-refractivity contribution in [2.75, 3.05) is 5.75 Å². The highest BCUT2D eigenvalue weighted by Gasteiger charge is 2.08. The lowest BCUT2D eigenvalue weighted by molar-refractivity contribution is -0.119. The fraction of sp³-hybridized carbons (Fsp3) is 0.462. The quantitative estimate of drug-likeness (QED) is 0.815. The number of thioether (sulfide) groups is 1. The van der Waals surface area contributed by atoms with Crippen LogP contribution in [-0.2, 0) is 4.79 Å². The van der Waals surface area contributed by atoms with Crippen LogP contribution < -0.4 is 11.1 Å². The summed E-state index contributed by atoms with van der Waals surface area (Å²) < 4.78 is 0.992. The summed E-state index contributed by atoms with van der Waals surface area (Å²) in [6.45, 7) is 5.86. The summed E-state index contributed by atoms with van der Waals surface area (Å²) >= 11 is 5.02. The first-order valence-corrected chi connectivity index (χ1v) is 7.65. The second-order valence-electron chi connectivity index (χ2n) is 4.48. The van der Waals surface area contributed by atoms with Crippen LogP contribution in [0, 0.1) is 0 Å². The van der Waals surface area contributed by atoms with Gasteiger partial charge in [-0.05, 0) is 38.5 Å². The van der Waals surface area contributed by atoms with E-state index in [4.69, 9.17) is 5.73 Å². The Balaban J connectivity index is 2.59. The van der Waals surface area contributed by atoms with Crippen LogP contribution in [0.4, 0.5) is 0 Å². The first kappa shape index (κ1) is 15.5. The Hall–Kier alpha value is -0.520. The van der Waals surface area contributed by atoms with E-state index in [1.54, 1.807) is 0 Å². The lowest BCUT2D eigenvalue weighted by Gasteiger charge is -2.11. The molecule has 0 unspecified atom stereocenters. The van der Waals surface area contributed by atoms with Crippen LogP contribution in [0.2, 0.25) is 0 Å². The number of carbonyl (C=O) groups is 1. The van der Waals surface area contributed by atoms with E-state index in [0.29, 0.717) is 5.75 Å². The average molecular weight is 331 g/mol. The van der Waals surface area contributed by atoms with E-state index >= 15 is 0 Å². The Morgan fingerprint density at radius 2 is 2.11 bits per heavy atom. The van der Waals surface area contributed by atoms with Gasteiger partial charge in [0.05, 0.1) is 5.75 Å². The predicted octanol–water partition coefficient (Wildman–Crippen LogP) is 3.09. The highest BCUT2D eigenvalue weighted by Crippen LogP contribution is 2.28. The molecule has 1 amide bonds. The van der Waals surface area contributed by atoms with Crippen LogP contribution in [0.25, 0.3) is 0 Å². The van der Waals surface area contributed by atoms with Crippen LogP contribution in [0.15, 0.2) is 27.6 Å². The van der Waals surface area contributed by atoms with E-state index < -0.39 is 0 Å². The van der Waals surface area contributed by atoms with Crippen molar-refractivity contribution in [1.29, 1.82) is 0 Å². The molecule has 1 atom stereocenters. The summed E-state index contributed by atoms with van der Waals surface area (Å²) in [7, 11) is 0. The summed E-state index contributed by atoms with van der Waals surface area (Å²) in [5.74, 6) is 0.490. The lowest BCUT2D eigenvalue weighted by atomic mass is 10.1. The average Bonchev–Trinajstić information content (AvgIpc) is 2.25. The van der Waals surface area contributed by atoms with Gasteiger partial charge in [0.25, 0.3) is 0 Å². The Bertz CT molecular complexity index is 421. The Labute approximate surface area is 121 Å². The third-order valence-electron chi connectivity index (χ3n) is 2.28. The number of amides is 1. The van der Waals surface area contributed by atoms with Gasteiger partial charge in [-0.1, -0.05) is 22.0 Å². The van der Waals surface area contributed by atoms with Gasteiger partial charge in [-0.25, -0.2) is 0 Å². The van der Waals surface area contributed by atoms with Gasteiger partial charge in [-0.2, -0.15) is 0 Å². The number of halogens is 1. The Morgan fingerprint density at radius 1 is 1.44 bits per heavy atom. The van der Waals surface area contributed by atoms with Crippen molar-refractivity contribution < 1.29 is 4.79 Å². The van der Waals surface area contributed by atoms with Gasteiger partial charge in [-0.15, -0.1) is 11.8 Å². The number of benzene rings is 1. The van der Waals surface area contributed by atoms with E-state index in [2.05, 4.69) is 21.2 Å². The fourth-order valence-corrected chi connectivity index (χ4v) is 3.12. The van der Waals surface area contributed by atoms with Crippen molar-refractivity contribution in [2.24, 2.45) is 5.73 Å². The molecule has 0 radical (unpaired) electrons. The molecule has 5 heteroatoms. The summed E-state index contributed by atoms with van der Waals surface area (Å²) in [4.78, 5) is 12.6. The summed E-state index contributed by atoms with van der Waals surface area (Å²) in [6.07, 6.45) is 0. The molecule has 0 aliphatic heterocycles. The summed E-state index contributed by atoms with van der Waals surface area (Å²) in [5.41, 5.74) is 6.92. The van der Waals surface area contributed by atoms with Crippen molar-refractivity contribution in [3.05, 3.63) is 28.2 Å². The van der Waals surface area contributed by atoms with Gasteiger partial charge >= 0.3 is 0 Å². The minimum atomic E-state index is 0.00247. The molecule has 0 heterocycles. The zero-order chi connectivity index (χ0) is 13.7. The third-order valence-corrected chi connectivity index (χ3v) is 3.96. The highest BCUT2D eigenvalue weighted by atomic mass is 79.9. The van der Waals surface area contributed by atoms with Crippen LogP contribution in [0.5, 0.6) is 0 Å². The molecule has 3 N–H and O–H groups in total. The van der Waals surface area contributed by atoms with E-state index in [0.717, 1.165) is 14.9 Å². The maximum atomic E-state index is 11.5. The molecule has 0 aliphatic carbocycles. The van der Waals surface area contributed by atoms with Gasteiger partial charge in [0, 0.05) is 21.5 Å². The molecule has 18 heavy (non-hydrogen) atoms. The van der Waals surface area contributed by atoms with Gasteiger partial charge in [0.1, 0.15) is 0 Å². The van der Waals surface area contributed by atoms with E-state index in [1.807, 2.05) is 39.0 Å². The smallest absolute Gasteiger partial charge is 0.230 e. The largest absolute Gasteiger partial charge is 0.353 e. The predicted molar refractivity (Wildman–Crippen MR) is 80.7 cm³/mol. The SMILES string of the molecule is CC(C)NC(=O)CSc1ccc([C@@H](C)N)c(Br)c1. The molecular formula is C13H19BrN2OS. The number of hydrogen-bond acceptors (Lipinski definition) is 3. The van der Waals surface area contributed by atoms with Gasteiger partial charge in [0.2, 0.25) is 5.91 Å². The highest BCUT2D eigenvalue weighted by molar-refractivity contribution is 9.10. The molecule has 3 nitrogen and oxygen atoms in total. The number of rotatable bonds is 5.